The fraction of sp³-hybridized carbons (Fsp3) is 0.208. The van der Waals surface area contributed by atoms with E-state index in [1.165, 1.54) is 16.4 Å². The van der Waals surface area contributed by atoms with Gasteiger partial charge in [-0.2, -0.15) is 5.10 Å². The van der Waals surface area contributed by atoms with Gasteiger partial charge in [-0.15, -0.1) is 0 Å². The molecule has 1 amide bonds. The lowest BCUT2D eigenvalue weighted by atomic mass is 10.1. The molecule has 8 heteroatoms. The smallest absolute Gasteiger partial charge is 0.276 e. The highest BCUT2D eigenvalue weighted by molar-refractivity contribution is 7.99. The molecule has 32 heavy (non-hydrogen) atoms. The Labute approximate surface area is 189 Å². The zero-order valence-electron chi connectivity index (χ0n) is 18.1. The predicted octanol–water partition coefficient (Wildman–Crippen LogP) is 4.55. The van der Waals surface area contributed by atoms with Gasteiger partial charge in [0.05, 0.1) is 5.39 Å². The Morgan fingerprint density at radius 2 is 1.78 bits per heavy atom. The summed E-state index contributed by atoms with van der Waals surface area (Å²) in [4.78, 5) is 35.4. The minimum atomic E-state index is -0.353. The second-order valence-electron chi connectivity index (χ2n) is 7.84. The molecule has 4 aromatic rings. The van der Waals surface area contributed by atoms with Crippen molar-refractivity contribution >= 4 is 34.1 Å². The van der Waals surface area contributed by atoms with E-state index in [9.17, 15) is 9.59 Å². The molecule has 0 spiro atoms. The first-order valence-corrected chi connectivity index (χ1v) is 11.1. The fourth-order valence-corrected chi connectivity index (χ4v) is 4.15. The molecular formula is C24H23N5O2S. The molecule has 2 heterocycles. The number of hydrogen-bond donors (Lipinski definition) is 1. The second-order valence-corrected chi connectivity index (χ2v) is 8.88. The van der Waals surface area contributed by atoms with Gasteiger partial charge >= 0.3 is 0 Å². The van der Waals surface area contributed by atoms with Crippen LogP contribution in [0.25, 0.3) is 10.8 Å². The molecule has 0 radical (unpaired) electrons. The topological polar surface area (TPSA) is 89.8 Å². The second kappa shape index (κ2) is 9.32. The van der Waals surface area contributed by atoms with Crippen molar-refractivity contribution in [1.82, 2.24) is 19.7 Å². The zero-order valence-corrected chi connectivity index (χ0v) is 18.9. The van der Waals surface area contributed by atoms with Crippen LogP contribution in [-0.2, 0) is 6.54 Å². The minimum Gasteiger partial charge on any atom is -0.320 e. The Bertz CT molecular complexity index is 1340. The highest BCUT2D eigenvalue weighted by Crippen LogP contribution is 2.28. The average molecular weight is 446 g/mol. The lowest BCUT2D eigenvalue weighted by Gasteiger charge is -2.14. The van der Waals surface area contributed by atoms with Crippen molar-refractivity contribution in [3.63, 3.8) is 0 Å². The number of anilines is 1. The number of carbonyl (C=O) groups excluding carboxylic acids is 1. The molecule has 0 saturated carbocycles. The molecule has 0 saturated heterocycles. The summed E-state index contributed by atoms with van der Waals surface area (Å²) in [5, 5.41) is 9.05. The summed E-state index contributed by atoms with van der Waals surface area (Å²) in [6.45, 7) is 6.38. The highest BCUT2D eigenvalue weighted by atomic mass is 32.2. The summed E-state index contributed by atoms with van der Waals surface area (Å²) in [5.41, 5.74) is 1.63. The molecule has 7 nitrogen and oxygen atoms in total. The van der Waals surface area contributed by atoms with E-state index in [2.05, 4.69) is 20.4 Å². The van der Waals surface area contributed by atoms with Gasteiger partial charge in [0.1, 0.15) is 0 Å². The van der Waals surface area contributed by atoms with E-state index in [0.717, 1.165) is 10.5 Å². The van der Waals surface area contributed by atoms with Crippen LogP contribution in [0.4, 0.5) is 5.69 Å². The van der Waals surface area contributed by atoms with Gasteiger partial charge < -0.3 is 5.32 Å². The van der Waals surface area contributed by atoms with E-state index in [0.29, 0.717) is 28.2 Å². The summed E-state index contributed by atoms with van der Waals surface area (Å²) >= 11 is 1.45. The van der Waals surface area contributed by atoms with Crippen LogP contribution in [0.15, 0.2) is 75.8 Å². The lowest BCUT2D eigenvalue weighted by Crippen LogP contribution is -2.29. The van der Waals surface area contributed by atoms with Crippen LogP contribution in [0.2, 0.25) is 0 Å². The zero-order chi connectivity index (χ0) is 22.7. The molecule has 0 bridgehead atoms. The molecule has 0 aliphatic heterocycles. The summed E-state index contributed by atoms with van der Waals surface area (Å²) in [5.74, 6) is -0.133. The van der Waals surface area contributed by atoms with E-state index in [4.69, 9.17) is 0 Å². The first-order chi connectivity index (χ1) is 15.4. The van der Waals surface area contributed by atoms with Crippen molar-refractivity contribution in [2.45, 2.75) is 37.4 Å². The van der Waals surface area contributed by atoms with Gasteiger partial charge in [0.25, 0.3) is 11.5 Å². The molecule has 0 aliphatic carbocycles. The Balaban J connectivity index is 1.64. The number of fused-ring (bicyclic) bond motifs is 1. The minimum absolute atomic E-state index is 0.188. The highest BCUT2D eigenvalue weighted by Gasteiger charge is 2.18. The van der Waals surface area contributed by atoms with Crippen LogP contribution in [-0.4, -0.2) is 25.7 Å². The Kier molecular flexibility index (Phi) is 6.32. The van der Waals surface area contributed by atoms with Crippen LogP contribution in [0.5, 0.6) is 0 Å². The Morgan fingerprint density at radius 1 is 1.06 bits per heavy atom. The van der Waals surface area contributed by atoms with Crippen molar-refractivity contribution in [1.29, 1.82) is 0 Å². The summed E-state index contributed by atoms with van der Waals surface area (Å²) in [6, 6.07) is 14.6. The van der Waals surface area contributed by atoms with Gasteiger partial charge in [-0.3, -0.25) is 9.59 Å². The molecule has 0 fully saturated rings. The number of nitrogens with one attached hydrogen (secondary N) is 1. The average Bonchev–Trinajstić information content (AvgIpc) is 2.78. The number of nitrogens with zero attached hydrogens (tertiary/aromatic N) is 4. The van der Waals surface area contributed by atoms with E-state index >= 15 is 0 Å². The molecule has 4 rings (SSSR count). The third-order valence-corrected chi connectivity index (χ3v) is 5.70. The van der Waals surface area contributed by atoms with Gasteiger partial charge in [-0.1, -0.05) is 32.0 Å². The number of rotatable bonds is 6. The third kappa shape index (κ3) is 4.70. The predicted molar refractivity (Wildman–Crippen MR) is 126 cm³/mol. The molecule has 162 valence electrons. The molecular weight excluding hydrogens is 422 g/mol. The summed E-state index contributed by atoms with van der Waals surface area (Å²) in [7, 11) is 0. The first-order valence-electron chi connectivity index (χ1n) is 10.3. The van der Waals surface area contributed by atoms with Crippen molar-refractivity contribution in [3.05, 3.63) is 82.5 Å². The number of aryl methyl sites for hydroxylation is 1. The molecule has 0 aliphatic rings. The molecule has 0 unspecified atom stereocenters. The maximum atomic E-state index is 13.2. The van der Waals surface area contributed by atoms with Gasteiger partial charge in [0.15, 0.2) is 10.9 Å². The van der Waals surface area contributed by atoms with Gasteiger partial charge in [-0.05, 0) is 60.5 Å². The van der Waals surface area contributed by atoms with Crippen molar-refractivity contribution in [3.8, 4) is 0 Å². The fourth-order valence-electron chi connectivity index (χ4n) is 3.34. The van der Waals surface area contributed by atoms with Crippen LogP contribution in [0.3, 0.4) is 0 Å². The van der Waals surface area contributed by atoms with Crippen LogP contribution in [0.1, 0.15) is 29.9 Å². The largest absolute Gasteiger partial charge is 0.320 e. The van der Waals surface area contributed by atoms with Crippen LogP contribution >= 0.6 is 11.8 Å². The Hall–Kier alpha value is -3.52. The molecule has 2 aromatic heterocycles. The van der Waals surface area contributed by atoms with Crippen molar-refractivity contribution < 1.29 is 4.79 Å². The Morgan fingerprint density at radius 3 is 2.47 bits per heavy atom. The van der Waals surface area contributed by atoms with Gasteiger partial charge in [0, 0.05) is 34.9 Å². The van der Waals surface area contributed by atoms with E-state index in [-0.39, 0.29) is 23.1 Å². The van der Waals surface area contributed by atoms with Gasteiger partial charge in [-0.25, -0.2) is 14.6 Å². The normalized spacial score (nSPS) is 11.1. The van der Waals surface area contributed by atoms with Crippen molar-refractivity contribution in [2.24, 2.45) is 5.92 Å². The maximum absolute atomic E-state index is 13.2. The van der Waals surface area contributed by atoms with Crippen molar-refractivity contribution in [2.75, 3.05) is 5.32 Å². The number of aromatic nitrogens is 4. The monoisotopic (exact) mass is 445 g/mol. The maximum Gasteiger partial charge on any atom is 0.276 e. The number of hydrogen-bond acceptors (Lipinski definition) is 6. The third-order valence-electron chi connectivity index (χ3n) is 4.82. The molecule has 0 atom stereocenters. The standard InChI is InChI=1S/C24H23N5O2S/c1-15(2)14-29-23(31)19-8-5-4-7-18(19)21(28-29)22(30)27-20-10-9-17(13-16(20)3)32-24-25-11-6-12-26-24/h4-13,15H,14H2,1-3H3,(H,27,30). The number of amides is 1. The number of benzene rings is 2. The van der Waals surface area contributed by atoms with E-state index in [1.54, 1.807) is 42.7 Å². The lowest BCUT2D eigenvalue weighted by molar-refractivity contribution is 0.102. The van der Waals surface area contributed by atoms with Crippen LogP contribution in [0, 0.1) is 12.8 Å². The van der Waals surface area contributed by atoms with Crippen LogP contribution < -0.4 is 10.9 Å². The summed E-state index contributed by atoms with van der Waals surface area (Å²) in [6.07, 6.45) is 3.40. The number of carbonyl (C=O) groups is 1. The first kappa shape index (κ1) is 21.7. The van der Waals surface area contributed by atoms with E-state index in [1.807, 2.05) is 39.0 Å². The van der Waals surface area contributed by atoms with E-state index < -0.39 is 0 Å². The quantitative estimate of drug-likeness (QED) is 0.438. The SMILES string of the molecule is Cc1cc(Sc2ncccn2)ccc1NC(=O)c1nn(CC(C)C)c(=O)c2ccccc12. The van der Waals surface area contributed by atoms with Gasteiger partial charge in [0.2, 0.25) is 0 Å². The summed E-state index contributed by atoms with van der Waals surface area (Å²) < 4.78 is 1.38. The molecule has 1 N–H and O–H groups in total. The molecule has 2 aromatic carbocycles.